The number of nitrogens with one attached hydrogen (secondary N) is 2. The first-order valence-electron chi connectivity index (χ1n) is 6.99. The van der Waals surface area contributed by atoms with Crippen LogP contribution in [0.2, 0.25) is 0 Å². The molecule has 1 aliphatic rings. The first-order chi connectivity index (χ1) is 9.07. The van der Waals surface area contributed by atoms with Gasteiger partial charge in [-0.1, -0.05) is 12.2 Å². The van der Waals surface area contributed by atoms with Gasteiger partial charge in [-0.25, -0.2) is 13.4 Å². The zero-order valence-corrected chi connectivity index (χ0v) is 16.5. The van der Waals surface area contributed by atoms with Crippen molar-refractivity contribution in [1.82, 2.24) is 10.6 Å². The van der Waals surface area contributed by atoms with Crippen LogP contribution in [0.25, 0.3) is 0 Å². The topological polar surface area (TPSA) is 70.6 Å². The Kier molecular flexibility index (Phi) is 8.23. The van der Waals surface area contributed by atoms with E-state index >= 15 is 0 Å². The summed E-state index contributed by atoms with van der Waals surface area (Å²) in [6, 6.07) is 0. The van der Waals surface area contributed by atoms with E-state index < -0.39 is 9.84 Å². The van der Waals surface area contributed by atoms with E-state index in [4.69, 9.17) is 0 Å². The smallest absolute Gasteiger partial charge is 0.191 e. The van der Waals surface area contributed by atoms with Gasteiger partial charge in [0.2, 0.25) is 0 Å². The average Bonchev–Trinajstić information content (AvgIpc) is 2.60. The maximum absolute atomic E-state index is 11.4. The molecular weight excluding hydrogens is 401 g/mol. The van der Waals surface area contributed by atoms with Crippen molar-refractivity contribution >= 4 is 39.8 Å². The highest BCUT2D eigenvalue weighted by Gasteiger charge is 2.27. The summed E-state index contributed by atoms with van der Waals surface area (Å²) in [5.41, 5.74) is 0.895. The lowest BCUT2D eigenvalue weighted by Crippen LogP contribution is -2.48. The van der Waals surface area contributed by atoms with Crippen LogP contribution in [0.4, 0.5) is 0 Å². The van der Waals surface area contributed by atoms with Gasteiger partial charge >= 0.3 is 0 Å². The minimum absolute atomic E-state index is 0. The largest absolute Gasteiger partial charge is 0.356 e. The van der Waals surface area contributed by atoms with Gasteiger partial charge in [-0.05, 0) is 40.0 Å². The third kappa shape index (κ3) is 9.34. The summed E-state index contributed by atoms with van der Waals surface area (Å²) in [4.78, 5) is 4.45. The molecule has 0 radical (unpaired) electrons. The zero-order chi connectivity index (χ0) is 15.4. The monoisotopic (exact) mass is 429 g/mol. The summed E-state index contributed by atoms with van der Waals surface area (Å²) in [7, 11) is -2.82. The summed E-state index contributed by atoms with van der Waals surface area (Å²) < 4.78 is 22.9. The van der Waals surface area contributed by atoms with Gasteiger partial charge in [0.1, 0.15) is 0 Å². The van der Waals surface area contributed by atoms with Crippen molar-refractivity contribution in [1.29, 1.82) is 0 Å². The molecule has 5 nitrogen and oxygen atoms in total. The first-order valence-corrected chi connectivity index (χ1v) is 8.81. The van der Waals surface area contributed by atoms with Crippen LogP contribution in [0.15, 0.2) is 17.1 Å². The van der Waals surface area contributed by atoms with Gasteiger partial charge < -0.3 is 10.6 Å². The average molecular weight is 429 g/mol. The molecule has 1 fully saturated rings. The molecule has 0 spiro atoms. The maximum atomic E-state index is 11.4. The zero-order valence-electron chi connectivity index (χ0n) is 13.4. The van der Waals surface area contributed by atoms with Crippen molar-refractivity contribution < 1.29 is 8.42 Å². The molecule has 0 amide bonds. The molecule has 0 bridgehead atoms. The lowest BCUT2D eigenvalue weighted by atomic mass is 10.1. The van der Waals surface area contributed by atoms with Crippen molar-refractivity contribution in [2.45, 2.75) is 39.7 Å². The fourth-order valence-electron chi connectivity index (χ4n) is 1.98. The van der Waals surface area contributed by atoms with Crippen LogP contribution >= 0.6 is 24.0 Å². The molecule has 0 saturated carbocycles. The number of guanidine groups is 1. The molecule has 1 aliphatic heterocycles. The second kappa shape index (κ2) is 8.36. The summed E-state index contributed by atoms with van der Waals surface area (Å²) in [5, 5.41) is 6.55. The van der Waals surface area contributed by atoms with Crippen molar-refractivity contribution in [3.05, 3.63) is 12.2 Å². The van der Waals surface area contributed by atoms with Crippen LogP contribution < -0.4 is 10.6 Å². The van der Waals surface area contributed by atoms with Crippen LogP contribution in [0.3, 0.4) is 0 Å². The molecule has 124 valence electrons. The molecule has 1 heterocycles. The second-order valence-electron chi connectivity index (χ2n) is 6.65. The second-order valence-corrected chi connectivity index (χ2v) is 8.88. The number of rotatable bonds is 4. The maximum Gasteiger partial charge on any atom is 0.191 e. The normalized spacial score (nSPS) is 21.5. The lowest BCUT2D eigenvalue weighted by Gasteiger charge is -2.25. The predicted molar refractivity (Wildman–Crippen MR) is 100 cm³/mol. The standard InChI is InChI=1S/C14H27N3O2S.HI/c1-11(2)8-15-13(17-14(3,4)5)16-9-12-6-7-20(18,19)10-12;/h12H,1,6-10H2,2-5H3,(H2,15,16,17);1H. The van der Waals surface area contributed by atoms with Gasteiger partial charge in [-0.2, -0.15) is 0 Å². The van der Waals surface area contributed by atoms with E-state index in [1.807, 2.05) is 6.92 Å². The number of halogens is 1. The van der Waals surface area contributed by atoms with Crippen LogP contribution in [-0.2, 0) is 9.84 Å². The Balaban J connectivity index is 0.00000400. The third-order valence-electron chi connectivity index (χ3n) is 2.89. The molecule has 1 unspecified atom stereocenters. The molecule has 0 aromatic rings. The summed E-state index contributed by atoms with van der Waals surface area (Å²) in [6.45, 7) is 13.2. The van der Waals surface area contributed by atoms with E-state index in [0.29, 0.717) is 24.8 Å². The van der Waals surface area contributed by atoms with Gasteiger partial charge in [0.15, 0.2) is 15.8 Å². The number of hydrogen-bond acceptors (Lipinski definition) is 3. The van der Waals surface area contributed by atoms with E-state index in [2.05, 4.69) is 43.0 Å². The summed E-state index contributed by atoms with van der Waals surface area (Å²) >= 11 is 0. The lowest BCUT2D eigenvalue weighted by molar-refractivity contribution is 0.492. The van der Waals surface area contributed by atoms with Crippen LogP contribution in [0.5, 0.6) is 0 Å². The highest BCUT2D eigenvalue weighted by atomic mass is 127. The number of aliphatic imine (C=N–C) groups is 1. The summed E-state index contributed by atoms with van der Waals surface area (Å²) in [5.74, 6) is 1.48. The minimum Gasteiger partial charge on any atom is -0.356 e. The fraction of sp³-hybridized carbons (Fsp3) is 0.786. The van der Waals surface area contributed by atoms with E-state index in [1.54, 1.807) is 0 Å². The molecule has 1 atom stereocenters. The Labute approximate surface area is 146 Å². The molecule has 0 aliphatic carbocycles. The quantitative estimate of drug-likeness (QED) is 0.310. The highest BCUT2D eigenvalue weighted by molar-refractivity contribution is 14.0. The first kappa shape index (κ1) is 20.7. The molecule has 2 N–H and O–H groups in total. The highest BCUT2D eigenvalue weighted by Crippen LogP contribution is 2.17. The number of hydrogen-bond donors (Lipinski definition) is 2. The van der Waals surface area contributed by atoms with E-state index in [0.717, 1.165) is 12.0 Å². The van der Waals surface area contributed by atoms with E-state index in [9.17, 15) is 8.42 Å². The number of sulfone groups is 1. The van der Waals surface area contributed by atoms with E-state index in [1.165, 1.54) is 0 Å². The predicted octanol–water partition coefficient (Wildman–Crippen LogP) is 1.95. The molecule has 0 aromatic heterocycles. The van der Waals surface area contributed by atoms with Gasteiger partial charge in [0.05, 0.1) is 18.1 Å². The Hall–Kier alpha value is -0.310. The Bertz CT molecular complexity index is 481. The van der Waals surface area contributed by atoms with Crippen LogP contribution in [0.1, 0.15) is 34.1 Å². The van der Waals surface area contributed by atoms with Crippen LogP contribution in [-0.4, -0.2) is 44.5 Å². The van der Waals surface area contributed by atoms with Gasteiger partial charge in [-0.3, -0.25) is 0 Å². The molecule has 0 aromatic carbocycles. The van der Waals surface area contributed by atoms with Crippen molar-refractivity contribution in [3.8, 4) is 0 Å². The Morgan fingerprint density at radius 2 is 2.00 bits per heavy atom. The minimum atomic E-state index is -2.82. The Morgan fingerprint density at radius 1 is 1.38 bits per heavy atom. The molecular formula is C14H28IN3O2S. The van der Waals surface area contributed by atoms with Crippen molar-refractivity contribution in [2.75, 3.05) is 24.6 Å². The third-order valence-corrected chi connectivity index (χ3v) is 4.72. The van der Waals surface area contributed by atoms with Gasteiger partial charge in [0.25, 0.3) is 0 Å². The van der Waals surface area contributed by atoms with Gasteiger partial charge in [0, 0.05) is 12.1 Å². The van der Waals surface area contributed by atoms with Gasteiger partial charge in [-0.15, -0.1) is 24.0 Å². The molecule has 1 rings (SSSR count). The molecule has 1 saturated heterocycles. The van der Waals surface area contributed by atoms with E-state index in [-0.39, 0.29) is 41.2 Å². The van der Waals surface area contributed by atoms with Crippen LogP contribution in [0, 0.1) is 5.92 Å². The van der Waals surface area contributed by atoms with Crippen molar-refractivity contribution in [3.63, 3.8) is 0 Å². The SMILES string of the molecule is C=C(C)CN=C(NCC1CCS(=O)(=O)C1)NC(C)(C)C.I. The summed E-state index contributed by atoms with van der Waals surface area (Å²) in [6.07, 6.45) is 0.735. The fourth-order valence-corrected chi connectivity index (χ4v) is 3.84. The van der Waals surface area contributed by atoms with Crippen molar-refractivity contribution in [2.24, 2.45) is 10.9 Å². The molecule has 7 heteroatoms. The number of nitrogens with zero attached hydrogens (tertiary/aromatic N) is 1. The molecule has 21 heavy (non-hydrogen) atoms. The Morgan fingerprint density at radius 3 is 2.43 bits per heavy atom.